The molecular weight excluding hydrogens is 532 g/mol. The number of hydrogen-bond acceptors (Lipinski definition) is 7. The quantitative estimate of drug-likeness (QED) is 0.100. The largest absolute Gasteiger partial charge is 0.481 e. The summed E-state index contributed by atoms with van der Waals surface area (Å²) in [6.45, 7) is 1.61. The minimum atomic E-state index is -0.835. The fourth-order valence-corrected chi connectivity index (χ4v) is 4.00. The molecule has 1 amide bonds. The monoisotopic (exact) mass is 558 g/mol. The Morgan fingerprint density at radius 3 is 1.95 bits per heavy atom. The summed E-state index contributed by atoms with van der Waals surface area (Å²) in [5.41, 5.74) is 3.51. The van der Waals surface area contributed by atoms with Crippen molar-refractivity contribution in [3.63, 3.8) is 0 Å². The van der Waals surface area contributed by atoms with E-state index in [2.05, 4.69) is 10.5 Å². The number of rotatable bonds is 9. The van der Waals surface area contributed by atoms with Crippen LogP contribution in [0.15, 0.2) is 126 Å². The van der Waals surface area contributed by atoms with E-state index in [1.54, 1.807) is 79.7 Å². The van der Waals surface area contributed by atoms with Crippen molar-refractivity contribution in [1.82, 2.24) is 5.43 Å². The van der Waals surface area contributed by atoms with Crippen LogP contribution in [0.5, 0.6) is 17.2 Å². The number of esters is 2. The summed E-state index contributed by atoms with van der Waals surface area (Å²) in [5.74, 6) is -0.853. The van der Waals surface area contributed by atoms with Gasteiger partial charge in [-0.2, -0.15) is 5.10 Å². The normalized spacial score (nSPS) is 11.5. The van der Waals surface area contributed by atoms with Gasteiger partial charge in [0.1, 0.15) is 17.2 Å². The number of hydrazone groups is 1. The van der Waals surface area contributed by atoms with Crippen molar-refractivity contribution in [1.29, 1.82) is 0 Å². The summed E-state index contributed by atoms with van der Waals surface area (Å²) in [5, 5.41) is 6.09. The third-order valence-electron chi connectivity index (χ3n) is 6.20. The Morgan fingerprint density at radius 1 is 0.667 bits per heavy atom. The van der Waals surface area contributed by atoms with Crippen molar-refractivity contribution < 1.29 is 28.6 Å². The molecule has 0 radical (unpaired) electrons. The van der Waals surface area contributed by atoms with Crippen LogP contribution in [0.4, 0.5) is 0 Å². The second kappa shape index (κ2) is 13.1. The summed E-state index contributed by atoms with van der Waals surface area (Å²) >= 11 is 0. The van der Waals surface area contributed by atoms with Crippen LogP contribution in [0.25, 0.3) is 10.8 Å². The predicted octanol–water partition coefficient (Wildman–Crippen LogP) is 6.20. The van der Waals surface area contributed by atoms with Crippen molar-refractivity contribution in [2.75, 3.05) is 0 Å². The first kappa shape index (κ1) is 27.8. The topological polar surface area (TPSA) is 103 Å². The van der Waals surface area contributed by atoms with E-state index in [-0.39, 0.29) is 11.5 Å². The maximum absolute atomic E-state index is 12.8. The Balaban J connectivity index is 1.29. The molecule has 5 rings (SSSR count). The Morgan fingerprint density at radius 2 is 1.26 bits per heavy atom. The maximum atomic E-state index is 12.8. The Labute approximate surface area is 242 Å². The van der Waals surface area contributed by atoms with E-state index >= 15 is 0 Å². The number of nitrogens with one attached hydrogen (secondary N) is 1. The van der Waals surface area contributed by atoms with Crippen LogP contribution in [0, 0.1) is 0 Å². The van der Waals surface area contributed by atoms with Crippen molar-refractivity contribution in [2.45, 2.75) is 13.0 Å². The molecule has 8 heteroatoms. The van der Waals surface area contributed by atoms with Crippen molar-refractivity contribution >= 4 is 34.8 Å². The van der Waals surface area contributed by atoms with Gasteiger partial charge in [0, 0.05) is 11.6 Å². The summed E-state index contributed by atoms with van der Waals surface area (Å²) in [6.07, 6.45) is 0.496. The molecule has 0 unspecified atom stereocenters. The molecule has 0 aliphatic carbocycles. The molecule has 0 spiro atoms. The number of carbonyl (C=O) groups excluding carboxylic acids is 3. The molecule has 5 aromatic carbocycles. The molecule has 208 valence electrons. The molecule has 0 aliphatic heterocycles. The van der Waals surface area contributed by atoms with Crippen molar-refractivity contribution in [2.24, 2.45) is 5.10 Å². The molecule has 1 atom stereocenters. The third kappa shape index (κ3) is 7.05. The van der Waals surface area contributed by atoms with Gasteiger partial charge >= 0.3 is 11.9 Å². The van der Waals surface area contributed by atoms with Gasteiger partial charge in [-0.25, -0.2) is 15.0 Å². The van der Waals surface area contributed by atoms with Gasteiger partial charge in [-0.15, -0.1) is 0 Å². The molecule has 0 heterocycles. The van der Waals surface area contributed by atoms with Crippen LogP contribution in [-0.2, 0) is 4.79 Å². The summed E-state index contributed by atoms with van der Waals surface area (Å²) < 4.78 is 16.9. The van der Waals surface area contributed by atoms with Crippen LogP contribution in [0.1, 0.15) is 33.2 Å². The molecule has 42 heavy (non-hydrogen) atoms. The lowest BCUT2D eigenvalue weighted by Gasteiger charge is -2.13. The van der Waals surface area contributed by atoms with E-state index in [4.69, 9.17) is 14.2 Å². The summed E-state index contributed by atoms with van der Waals surface area (Å²) in [7, 11) is 0. The second-order valence-corrected chi connectivity index (χ2v) is 9.21. The molecule has 0 aromatic heterocycles. The lowest BCUT2D eigenvalue weighted by Crippen LogP contribution is -2.33. The minimum absolute atomic E-state index is 0.0840. The highest BCUT2D eigenvalue weighted by Gasteiger charge is 2.16. The minimum Gasteiger partial charge on any atom is -0.481 e. The Kier molecular flexibility index (Phi) is 8.64. The predicted molar refractivity (Wildman–Crippen MR) is 159 cm³/mol. The zero-order valence-corrected chi connectivity index (χ0v) is 22.6. The first-order valence-electron chi connectivity index (χ1n) is 13.1. The fourth-order valence-electron chi connectivity index (χ4n) is 4.00. The van der Waals surface area contributed by atoms with Crippen molar-refractivity contribution in [3.8, 4) is 17.2 Å². The van der Waals surface area contributed by atoms with E-state index in [9.17, 15) is 14.4 Å². The van der Waals surface area contributed by atoms with Gasteiger partial charge in [-0.3, -0.25) is 4.79 Å². The number of hydrogen-bond donors (Lipinski definition) is 1. The zero-order chi connectivity index (χ0) is 29.3. The van der Waals surface area contributed by atoms with E-state index in [1.165, 1.54) is 18.3 Å². The van der Waals surface area contributed by atoms with Crippen LogP contribution in [-0.4, -0.2) is 30.2 Å². The highest BCUT2D eigenvalue weighted by atomic mass is 16.5. The average molecular weight is 559 g/mol. The van der Waals surface area contributed by atoms with Gasteiger partial charge < -0.3 is 14.2 Å². The molecular formula is C34H26N2O6. The van der Waals surface area contributed by atoms with Crippen LogP contribution < -0.4 is 19.6 Å². The standard InChI is InChI=1S/C34H26N2O6/c1-23(40-29-18-16-24-10-8-9-15-27(24)20-29)32(37)36-35-22-28-17-19-30(41-33(38)25-11-4-2-5-12-25)21-31(28)42-34(39)26-13-6-3-7-14-26/h2-23H,1H3,(H,36,37)/b35-22-/t23-/m0/s1. The molecule has 8 nitrogen and oxygen atoms in total. The van der Waals surface area contributed by atoms with E-state index in [0.29, 0.717) is 22.4 Å². The number of fused-ring (bicyclic) bond motifs is 1. The number of benzene rings is 5. The van der Waals surface area contributed by atoms with Gasteiger partial charge in [-0.05, 0) is 66.2 Å². The maximum Gasteiger partial charge on any atom is 0.343 e. The van der Waals surface area contributed by atoms with Crippen LogP contribution in [0.3, 0.4) is 0 Å². The lowest BCUT2D eigenvalue weighted by atomic mass is 10.1. The highest BCUT2D eigenvalue weighted by Crippen LogP contribution is 2.26. The lowest BCUT2D eigenvalue weighted by molar-refractivity contribution is -0.127. The summed E-state index contributed by atoms with van der Waals surface area (Å²) in [6, 6.07) is 34.9. The number of ether oxygens (including phenoxy) is 3. The fraction of sp³-hybridized carbons (Fsp3) is 0.0588. The van der Waals surface area contributed by atoms with Gasteiger partial charge in [0.15, 0.2) is 6.10 Å². The Hall–Kier alpha value is -5.76. The van der Waals surface area contributed by atoms with Crippen LogP contribution >= 0.6 is 0 Å². The molecule has 5 aromatic rings. The van der Waals surface area contributed by atoms with Gasteiger partial charge in [0.2, 0.25) is 0 Å². The van der Waals surface area contributed by atoms with Gasteiger partial charge in [-0.1, -0.05) is 66.7 Å². The Bertz CT molecular complexity index is 1750. The first-order chi connectivity index (χ1) is 20.5. The van der Waals surface area contributed by atoms with Gasteiger partial charge in [0.25, 0.3) is 5.91 Å². The first-order valence-corrected chi connectivity index (χ1v) is 13.1. The number of nitrogens with zero attached hydrogens (tertiary/aromatic N) is 1. The van der Waals surface area contributed by atoms with E-state index in [1.807, 2.05) is 36.4 Å². The molecule has 0 fully saturated rings. The molecule has 0 saturated heterocycles. The molecule has 0 bridgehead atoms. The van der Waals surface area contributed by atoms with Gasteiger partial charge in [0.05, 0.1) is 17.3 Å². The summed E-state index contributed by atoms with van der Waals surface area (Å²) in [4.78, 5) is 38.0. The molecule has 0 aliphatic rings. The highest BCUT2D eigenvalue weighted by molar-refractivity contribution is 5.94. The molecule has 0 saturated carbocycles. The van der Waals surface area contributed by atoms with Crippen molar-refractivity contribution in [3.05, 3.63) is 138 Å². The number of amides is 1. The zero-order valence-electron chi connectivity index (χ0n) is 22.6. The average Bonchev–Trinajstić information content (AvgIpc) is 3.02. The number of carbonyl (C=O) groups is 3. The van der Waals surface area contributed by atoms with Crippen LogP contribution in [0.2, 0.25) is 0 Å². The third-order valence-corrected chi connectivity index (χ3v) is 6.20. The molecule has 1 N–H and O–H groups in total. The van der Waals surface area contributed by atoms with E-state index in [0.717, 1.165) is 10.8 Å². The SMILES string of the molecule is C[C@H](Oc1ccc2ccccc2c1)C(=O)N/N=C\c1ccc(OC(=O)c2ccccc2)cc1OC(=O)c1ccccc1. The smallest absolute Gasteiger partial charge is 0.343 e. The second-order valence-electron chi connectivity index (χ2n) is 9.21. The van der Waals surface area contributed by atoms with E-state index < -0.39 is 23.9 Å².